The predicted octanol–water partition coefficient (Wildman–Crippen LogP) is 2.71. The van der Waals surface area contributed by atoms with E-state index in [4.69, 9.17) is 0 Å². The first-order valence-electron chi connectivity index (χ1n) is 8.29. The van der Waals surface area contributed by atoms with Gasteiger partial charge in [0.25, 0.3) is 10.0 Å². The highest BCUT2D eigenvalue weighted by Crippen LogP contribution is 2.20. The summed E-state index contributed by atoms with van der Waals surface area (Å²) >= 11 is 0. The van der Waals surface area contributed by atoms with Crippen molar-refractivity contribution in [1.29, 1.82) is 0 Å². The van der Waals surface area contributed by atoms with E-state index in [1.54, 1.807) is 31.2 Å². The van der Waals surface area contributed by atoms with Crippen molar-refractivity contribution in [3.8, 4) is 0 Å². The summed E-state index contributed by atoms with van der Waals surface area (Å²) < 4.78 is 39.9. The molecule has 138 valence electrons. The fraction of sp³-hybridized carbons (Fsp3) is 0.278. The number of amides is 1. The summed E-state index contributed by atoms with van der Waals surface area (Å²) in [5, 5.41) is 5.99. The Balaban J connectivity index is 1.61. The molecule has 3 rings (SSSR count). The van der Waals surface area contributed by atoms with Gasteiger partial charge in [0.2, 0.25) is 5.91 Å². The number of carbonyl (C=O) groups is 1. The summed E-state index contributed by atoms with van der Waals surface area (Å²) in [7, 11) is -3.79. The van der Waals surface area contributed by atoms with E-state index in [-0.39, 0.29) is 10.8 Å². The van der Waals surface area contributed by atoms with E-state index in [0.717, 1.165) is 25.0 Å². The predicted molar refractivity (Wildman–Crippen MR) is 97.9 cm³/mol. The van der Waals surface area contributed by atoms with Gasteiger partial charge < -0.3 is 10.6 Å². The first-order valence-corrected chi connectivity index (χ1v) is 9.77. The second-order valence-corrected chi connectivity index (χ2v) is 7.97. The molecule has 0 aromatic heterocycles. The van der Waals surface area contributed by atoms with Gasteiger partial charge in [-0.1, -0.05) is 0 Å². The fourth-order valence-corrected chi connectivity index (χ4v) is 3.39. The monoisotopic (exact) mass is 377 g/mol. The van der Waals surface area contributed by atoms with Crippen molar-refractivity contribution in [2.45, 2.75) is 36.7 Å². The molecule has 6 nitrogen and oxygen atoms in total. The van der Waals surface area contributed by atoms with Crippen LogP contribution in [0.2, 0.25) is 0 Å². The summed E-state index contributed by atoms with van der Waals surface area (Å²) in [4.78, 5) is 11.9. The minimum atomic E-state index is -3.79. The van der Waals surface area contributed by atoms with Gasteiger partial charge in [-0.05, 0) is 68.3 Å². The Morgan fingerprint density at radius 3 is 2.19 bits per heavy atom. The fourth-order valence-electron chi connectivity index (χ4n) is 2.33. The van der Waals surface area contributed by atoms with Crippen LogP contribution in [0.4, 0.5) is 15.8 Å². The number of halogens is 1. The molecule has 1 aliphatic carbocycles. The van der Waals surface area contributed by atoms with Crippen molar-refractivity contribution in [2.75, 3.05) is 10.0 Å². The molecule has 1 fully saturated rings. The number of anilines is 2. The number of rotatable bonds is 7. The van der Waals surface area contributed by atoms with E-state index < -0.39 is 21.9 Å². The minimum Gasteiger partial charge on any atom is -0.374 e. The van der Waals surface area contributed by atoms with Crippen LogP contribution in [0.15, 0.2) is 53.4 Å². The average molecular weight is 377 g/mol. The third kappa shape index (κ3) is 4.72. The van der Waals surface area contributed by atoms with Gasteiger partial charge in [-0.25, -0.2) is 12.8 Å². The van der Waals surface area contributed by atoms with Crippen molar-refractivity contribution in [2.24, 2.45) is 0 Å². The molecule has 0 unspecified atom stereocenters. The minimum absolute atomic E-state index is 0.0218. The van der Waals surface area contributed by atoms with Crippen LogP contribution >= 0.6 is 0 Å². The van der Waals surface area contributed by atoms with E-state index >= 15 is 0 Å². The number of hydrogen-bond acceptors (Lipinski definition) is 4. The Morgan fingerprint density at radius 1 is 1.04 bits per heavy atom. The molecule has 0 aliphatic heterocycles. The van der Waals surface area contributed by atoms with Crippen LogP contribution < -0.4 is 15.4 Å². The average Bonchev–Trinajstić information content (AvgIpc) is 3.40. The van der Waals surface area contributed by atoms with Crippen molar-refractivity contribution in [3.05, 3.63) is 54.3 Å². The summed E-state index contributed by atoms with van der Waals surface area (Å²) in [6.07, 6.45) is 2.06. The highest BCUT2D eigenvalue weighted by Gasteiger charge is 2.25. The Kier molecular flexibility index (Phi) is 5.13. The maximum Gasteiger partial charge on any atom is 0.261 e. The van der Waals surface area contributed by atoms with Gasteiger partial charge in [-0.15, -0.1) is 0 Å². The molecule has 2 aromatic carbocycles. The number of sulfonamides is 1. The molecule has 0 saturated heterocycles. The number of hydrogen-bond donors (Lipinski definition) is 3. The lowest BCUT2D eigenvalue weighted by Crippen LogP contribution is -2.38. The van der Waals surface area contributed by atoms with Crippen LogP contribution in [0.5, 0.6) is 0 Å². The Hall–Kier alpha value is -2.61. The smallest absolute Gasteiger partial charge is 0.261 e. The van der Waals surface area contributed by atoms with E-state index in [9.17, 15) is 17.6 Å². The normalized spacial score (nSPS) is 15.2. The molecule has 0 bridgehead atoms. The van der Waals surface area contributed by atoms with E-state index in [2.05, 4.69) is 15.4 Å². The zero-order valence-corrected chi connectivity index (χ0v) is 15.0. The molecule has 1 aliphatic rings. The van der Waals surface area contributed by atoms with Crippen LogP contribution in [-0.2, 0) is 14.8 Å². The first kappa shape index (κ1) is 18.2. The van der Waals surface area contributed by atoms with Crippen LogP contribution in [0.3, 0.4) is 0 Å². The van der Waals surface area contributed by atoms with Gasteiger partial charge in [0.15, 0.2) is 0 Å². The maximum absolute atomic E-state index is 12.9. The summed E-state index contributed by atoms with van der Waals surface area (Å²) in [6, 6.07) is 11.1. The van der Waals surface area contributed by atoms with Gasteiger partial charge in [0, 0.05) is 17.4 Å². The molecule has 3 N–H and O–H groups in total. The molecule has 1 amide bonds. The molecule has 1 atom stereocenters. The zero-order valence-electron chi connectivity index (χ0n) is 14.2. The van der Waals surface area contributed by atoms with Gasteiger partial charge >= 0.3 is 0 Å². The van der Waals surface area contributed by atoms with Gasteiger partial charge in [0.05, 0.1) is 4.90 Å². The lowest BCUT2D eigenvalue weighted by atomic mass is 10.2. The van der Waals surface area contributed by atoms with Crippen LogP contribution in [-0.4, -0.2) is 26.4 Å². The van der Waals surface area contributed by atoms with Crippen molar-refractivity contribution < 1.29 is 17.6 Å². The topological polar surface area (TPSA) is 87.3 Å². The second kappa shape index (κ2) is 7.33. The van der Waals surface area contributed by atoms with Crippen LogP contribution in [0, 0.1) is 5.82 Å². The van der Waals surface area contributed by atoms with E-state index in [1.807, 2.05) is 0 Å². The summed E-state index contributed by atoms with van der Waals surface area (Å²) in [6.45, 7) is 1.77. The van der Waals surface area contributed by atoms with Crippen molar-refractivity contribution >= 4 is 27.3 Å². The molecule has 0 radical (unpaired) electrons. The molecular weight excluding hydrogens is 357 g/mol. The van der Waals surface area contributed by atoms with Crippen molar-refractivity contribution in [1.82, 2.24) is 5.32 Å². The van der Waals surface area contributed by atoms with Gasteiger partial charge in [-0.3, -0.25) is 9.52 Å². The van der Waals surface area contributed by atoms with Crippen LogP contribution in [0.1, 0.15) is 19.8 Å². The molecular formula is C18H20FN3O3S. The van der Waals surface area contributed by atoms with E-state index in [1.165, 1.54) is 12.1 Å². The number of benzene rings is 2. The SMILES string of the molecule is C[C@@H](Nc1ccc(NS(=O)(=O)c2ccc(F)cc2)cc1)C(=O)NC1CC1. The standard InChI is InChI=1S/C18H20FN3O3S/c1-12(18(23)21-15-4-5-15)20-14-6-8-16(9-7-14)22-26(24,25)17-10-2-13(19)3-11-17/h2-3,6-12,15,20,22H,4-5H2,1H3,(H,21,23)/t12-/m1/s1. The molecule has 26 heavy (non-hydrogen) atoms. The zero-order chi connectivity index (χ0) is 18.7. The Morgan fingerprint density at radius 2 is 1.62 bits per heavy atom. The quantitative estimate of drug-likeness (QED) is 0.692. The number of nitrogens with one attached hydrogen (secondary N) is 3. The number of carbonyl (C=O) groups excluding carboxylic acids is 1. The Bertz CT molecular complexity index is 879. The second-order valence-electron chi connectivity index (χ2n) is 6.29. The lowest BCUT2D eigenvalue weighted by molar-refractivity contribution is -0.121. The lowest BCUT2D eigenvalue weighted by Gasteiger charge is -2.15. The maximum atomic E-state index is 12.9. The summed E-state index contributed by atoms with van der Waals surface area (Å²) in [5.74, 6) is -0.562. The van der Waals surface area contributed by atoms with E-state index in [0.29, 0.717) is 17.4 Å². The van der Waals surface area contributed by atoms with Gasteiger partial charge in [0.1, 0.15) is 11.9 Å². The first-order chi connectivity index (χ1) is 12.3. The molecule has 8 heteroatoms. The largest absolute Gasteiger partial charge is 0.374 e. The highest BCUT2D eigenvalue weighted by atomic mass is 32.2. The van der Waals surface area contributed by atoms with Gasteiger partial charge in [-0.2, -0.15) is 0 Å². The third-order valence-corrected chi connectivity index (χ3v) is 5.36. The molecule has 2 aromatic rings. The van der Waals surface area contributed by atoms with Crippen LogP contribution in [0.25, 0.3) is 0 Å². The third-order valence-electron chi connectivity index (χ3n) is 3.96. The summed E-state index contributed by atoms with van der Waals surface area (Å²) in [5.41, 5.74) is 1.07. The molecule has 1 saturated carbocycles. The molecule has 0 heterocycles. The molecule has 0 spiro atoms. The Labute approximate surface area is 151 Å². The highest BCUT2D eigenvalue weighted by molar-refractivity contribution is 7.92. The van der Waals surface area contributed by atoms with Crippen molar-refractivity contribution in [3.63, 3.8) is 0 Å².